The zero-order chi connectivity index (χ0) is 9.52. The van der Waals surface area contributed by atoms with Crippen LogP contribution < -0.4 is 5.73 Å². The Morgan fingerprint density at radius 1 is 1.08 bits per heavy atom. The number of aliphatic hydroxyl groups excluding tert-OH is 1. The highest BCUT2D eigenvalue weighted by molar-refractivity contribution is 4.77. The van der Waals surface area contributed by atoms with Gasteiger partial charge < -0.3 is 10.8 Å². The van der Waals surface area contributed by atoms with Crippen molar-refractivity contribution in [3.8, 4) is 0 Å². The van der Waals surface area contributed by atoms with Gasteiger partial charge in [-0.25, -0.2) is 0 Å². The Kier molecular flexibility index (Phi) is 5.40. The molecular weight excluding hydrogens is 162 g/mol. The number of hydrogen-bond donors (Lipinski definition) is 2. The van der Waals surface area contributed by atoms with Crippen molar-refractivity contribution in [1.82, 2.24) is 0 Å². The van der Waals surface area contributed by atoms with E-state index in [1.54, 1.807) is 0 Å². The zero-order valence-electron chi connectivity index (χ0n) is 8.54. The van der Waals surface area contributed by atoms with Gasteiger partial charge in [0.2, 0.25) is 0 Å². The van der Waals surface area contributed by atoms with Gasteiger partial charge in [0, 0.05) is 12.6 Å². The minimum atomic E-state index is 0.344. The topological polar surface area (TPSA) is 46.2 Å². The Bertz CT molecular complexity index is 127. The van der Waals surface area contributed by atoms with Crippen LogP contribution in [0.1, 0.15) is 51.4 Å². The number of unbranched alkanes of at least 4 members (excludes halogenated alkanes) is 2. The molecule has 1 fully saturated rings. The fraction of sp³-hybridized carbons (Fsp3) is 1.00. The first-order valence-corrected chi connectivity index (χ1v) is 5.71. The van der Waals surface area contributed by atoms with Crippen molar-refractivity contribution < 1.29 is 5.11 Å². The molecule has 0 saturated heterocycles. The molecule has 1 aliphatic rings. The average Bonchev–Trinajstić information content (AvgIpc) is 2.15. The predicted octanol–water partition coefficient (Wildman–Crippen LogP) is 2.06. The standard InChI is InChI=1S/C11H23NO/c12-11-8-4-3-7-10(11)6-2-1-5-9-13/h10-11,13H,1-9,12H2. The second-order valence-corrected chi connectivity index (χ2v) is 4.28. The quantitative estimate of drug-likeness (QED) is 0.644. The summed E-state index contributed by atoms with van der Waals surface area (Å²) in [7, 11) is 0. The molecule has 2 unspecified atom stereocenters. The van der Waals surface area contributed by atoms with E-state index >= 15 is 0 Å². The number of hydrogen-bond acceptors (Lipinski definition) is 2. The third kappa shape index (κ3) is 4.10. The smallest absolute Gasteiger partial charge is 0.0431 e. The van der Waals surface area contributed by atoms with E-state index in [9.17, 15) is 0 Å². The first kappa shape index (κ1) is 11.0. The summed E-state index contributed by atoms with van der Waals surface area (Å²) in [6.45, 7) is 0.344. The van der Waals surface area contributed by atoms with Crippen LogP contribution in [0.25, 0.3) is 0 Å². The Morgan fingerprint density at radius 2 is 1.85 bits per heavy atom. The molecular formula is C11H23NO. The molecule has 0 aromatic carbocycles. The van der Waals surface area contributed by atoms with Crippen LogP contribution in [-0.2, 0) is 0 Å². The molecule has 0 aromatic rings. The Labute approximate surface area is 81.5 Å². The molecule has 0 amide bonds. The first-order valence-electron chi connectivity index (χ1n) is 5.71. The molecule has 78 valence electrons. The van der Waals surface area contributed by atoms with E-state index in [-0.39, 0.29) is 0 Å². The van der Waals surface area contributed by atoms with Crippen LogP contribution in [0.15, 0.2) is 0 Å². The summed E-state index contributed by atoms with van der Waals surface area (Å²) < 4.78 is 0. The fourth-order valence-electron chi connectivity index (χ4n) is 2.29. The molecule has 13 heavy (non-hydrogen) atoms. The maximum atomic E-state index is 8.63. The Hall–Kier alpha value is -0.0800. The van der Waals surface area contributed by atoms with Crippen molar-refractivity contribution >= 4 is 0 Å². The van der Waals surface area contributed by atoms with Crippen molar-refractivity contribution in [2.75, 3.05) is 6.61 Å². The molecule has 0 spiro atoms. The van der Waals surface area contributed by atoms with Gasteiger partial charge in [-0.15, -0.1) is 0 Å². The molecule has 0 aliphatic heterocycles. The monoisotopic (exact) mass is 185 g/mol. The second kappa shape index (κ2) is 6.39. The summed E-state index contributed by atoms with van der Waals surface area (Å²) in [6.07, 6.45) is 9.92. The van der Waals surface area contributed by atoms with Crippen molar-refractivity contribution in [3.05, 3.63) is 0 Å². The van der Waals surface area contributed by atoms with Crippen molar-refractivity contribution in [1.29, 1.82) is 0 Å². The third-order valence-corrected chi connectivity index (χ3v) is 3.20. The van der Waals surface area contributed by atoms with Crippen LogP contribution in [0.4, 0.5) is 0 Å². The van der Waals surface area contributed by atoms with Gasteiger partial charge in [0.1, 0.15) is 0 Å². The molecule has 1 rings (SSSR count). The van der Waals surface area contributed by atoms with Crippen LogP contribution in [0.3, 0.4) is 0 Å². The Morgan fingerprint density at radius 3 is 2.54 bits per heavy atom. The summed E-state index contributed by atoms with van der Waals surface area (Å²) in [5, 5.41) is 8.63. The highest BCUT2D eigenvalue weighted by atomic mass is 16.2. The lowest BCUT2D eigenvalue weighted by Crippen LogP contribution is -2.32. The van der Waals surface area contributed by atoms with E-state index in [1.165, 1.54) is 44.9 Å². The van der Waals surface area contributed by atoms with Crippen LogP contribution in [0.5, 0.6) is 0 Å². The van der Waals surface area contributed by atoms with Crippen molar-refractivity contribution in [2.45, 2.75) is 57.4 Å². The van der Waals surface area contributed by atoms with Gasteiger partial charge in [0.05, 0.1) is 0 Å². The molecule has 0 radical (unpaired) electrons. The summed E-state index contributed by atoms with van der Waals surface area (Å²) >= 11 is 0. The van der Waals surface area contributed by atoms with E-state index < -0.39 is 0 Å². The number of nitrogens with two attached hydrogens (primary N) is 1. The molecule has 0 bridgehead atoms. The highest BCUT2D eigenvalue weighted by Gasteiger charge is 2.20. The molecule has 2 nitrogen and oxygen atoms in total. The summed E-state index contributed by atoms with van der Waals surface area (Å²) in [5.74, 6) is 0.771. The van der Waals surface area contributed by atoms with E-state index in [1.807, 2.05) is 0 Å². The van der Waals surface area contributed by atoms with E-state index in [2.05, 4.69) is 0 Å². The molecule has 1 saturated carbocycles. The highest BCUT2D eigenvalue weighted by Crippen LogP contribution is 2.27. The van der Waals surface area contributed by atoms with Gasteiger partial charge in [0.25, 0.3) is 0 Å². The molecule has 1 aliphatic carbocycles. The summed E-state index contributed by atoms with van der Waals surface area (Å²) in [4.78, 5) is 0. The lowest BCUT2D eigenvalue weighted by atomic mass is 9.82. The van der Waals surface area contributed by atoms with E-state index in [0.717, 1.165) is 12.3 Å². The maximum absolute atomic E-state index is 8.63. The average molecular weight is 185 g/mol. The molecule has 0 heterocycles. The van der Waals surface area contributed by atoms with Gasteiger partial charge in [-0.05, 0) is 31.6 Å². The molecule has 3 N–H and O–H groups in total. The van der Waals surface area contributed by atoms with Gasteiger partial charge >= 0.3 is 0 Å². The van der Waals surface area contributed by atoms with Crippen LogP contribution in [0.2, 0.25) is 0 Å². The zero-order valence-corrected chi connectivity index (χ0v) is 8.54. The summed E-state index contributed by atoms with van der Waals surface area (Å²) in [5.41, 5.74) is 6.04. The van der Waals surface area contributed by atoms with Crippen LogP contribution in [-0.4, -0.2) is 17.8 Å². The van der Waals surface area contributed by atoms with Crippen LogP contribution >= 0.6 is 0 Å². The van der Waals surface area contributed by atoms with Gasteiger partial charge in [-0.1, -0.05) is 25.7 Å². The number of aliphatic hydroxyl groups is 1. The summed E-state index contributed by atoms with van der Waals surface area (Å²) in [6, 6.07) is 0.461. The molecule has 2 atom stereocenters. The van der Waals surface area contributed by atoms with Crippen molar-refractivity contribution in [3.63, 3.8) is 0 Å². The first-order chi connectivity index (χ1) is 6.34. The Balaban J connectivity index is 2.05. The van der Waals surface area contributed by atoms with Gasteiger partial charge in [-0.2, -0.15) is 0 Å². The lowest BCUT2D eigenvalue weighted by Gasteiger charge is -2.28. The van der Waals surface area contributed by atoms with E-state index in [4.69, 9.17) is 10.8 Å². The lowest BCUT2D eigenvalue weighted by molar-refractivity contribution is 0.264. The maximum Gasteiger partial charge on any atom is 0.0431 e. The largest absolute Gasteiger partial charge is 0.396 e. The second-order valence-electron chi connectivity index (χ2n) is 4.28. The van der Waals surface area contributed by atoms with Crippen LogP contribution in [0, 0.1) is 5.92 Å². The van der Waals surface area contributed by atoms with Gasteiger partial charge in [-0.3, -0.25) is 0 Å². The third-order valence-electron chi connectivity index (χ3n) is 3.20. The van der Waals surface area contributed by atoms with Crippen molar-refractivity contribution in [2.24, 2.45) is 11.7 Å². The van der Waals surface area contributed by atoms with E-state index in [0.29, 0.717) is 12.6 Å². The SMILES string of the molecule is NC1CCCCC1CCCCCO. The molecule has 0 aromatic heterocycles. The minimum absolute atomic E-state index is 0.344. The minimum Gasteiger partial charge on any atom is -0.396 e. The number of rotatable bonds is 5. The molecule has 2 heteroatoms. The predicted molar refractivity (Wildman–Crippen MR) is 55.5 cm³/mol. The fourth-order valence-corrected chi connectivity index (χ4v) is 2.29. The normalized spacial score (nSPS) is 29.1. The van der Waals surface area contributed by atoms with Gasteiger partial charge in [0.15, 0.2) is 0 Å².